The lowest BCUT2D eigenvalue weighted by Gasteiger charge is -2.27. The molecular weight excluding hydrogens is 422 g/mol. The van der Waals surface area contributed by atoms with Crippen molar-refractivity contribution < 1.29 is 4.92 Å². The molecule has 2 aliphatic heterocycles. The van der Waals surface area contributed by atoms with Gasteiger partial charge in [0.2, 0.25) is 0 Å². The van der Waals surface area contributed by atoms with Gasteiger partial charge in [-0.25, -0.2) is 0 Å². The number of nitro groups is 1. The molecule has 5 nitrogen and oxygen atoms in total. The molecule has 0 radical (unpaired) electrons. The lowest BCUT2D eigenvalue weighted by Crippen LogP contribution is -2.27. The summed E-state index contributed by atoms with van der Waals surface area (Å²) >= 11 is 0. The molecule has 2 heterocycles. The molecule has 4 aromatic rings. The van der Waals surface area contributed by atoms with Gasteiger partial charge in [0.1, 0.15) is 5.66 Å². The Hall–Kier alpha value is -4.09. The van der Waals surface area contributed by atoms with Gasteiger partial charge in [-0.05, 0) is 34.7 Å². The van der Waals surface area contributed by atoms with E-state index in [1.165, 1.54) is 11.1 Å². The maximum Gasteiger partial charge on any atom is 0.269 e. The molecule has 0 aliphatic carbocycles. The first kappa shape index (κ1) is 20.5. The van der Waals surface area contributed by atoms with Gasteiger partial charge in [0.25, 0.3) is 5.69 Å². The fraction of sp³-hybridized carbons (Fsp3) is 0.138. The molecule has 34 heavy (non-hydrogen) atoms. The Morgan fingerprint density at radius 3 is 1.88 bits per heavy atom. The standard InChI is InChI=1S/C29H23N3O2/c1-29(24-16-12-21(13-17-24)20-8-4-2-5-9-20)30-26(22-10-6-3-7-11-22)28-27(31(28)29)23-14-18-25(19-15-23)32(33)34/h2-19,27-28H,1H3. The van der Waals surface area contributed by atoms with E-state index < -0.39 is 5.66 Å². The van der Waals surface area contributed by atoms with Crippen LogP contribution in [0.4, 0.5) is 5.69 Å². The minimum atomic E-state index is -0.516. The van der Waals surface area contributed by atoms with Gasteiger partial charge < -0.3 is 0 Å². The van der Waals surface area contributed by atoms with Crippen LogP contribution in [0, 0.1) is 10.1 Å². The summed E-state index contributed by atoms with van der Waals surface area (Å²) in [6, 6.07) is 36.5. The lowest BCUT2D eigenvalue weighted by molar-refractivity contribution is -0.384. The van der Waals surface area contributed by atoms with E-state index in [2.05, 4.69) is 60.4 Å². The molecule has 0 saturated carbocycles. The predicted molar refractivity (Wildman–Crippen MR) is 134 cm³/mol. The zero-order chi connectivity index (χ0) is 23.3. The van der Waals surface area contributed by atoms with Gasteiger partial charge >= 0.3 is 0 Å². The van der Waals surface area contributed by atoms with Gasteiger partial charge in [0.05, 0.1) is 22.7 Å². The van der Waals surface area contributed by atoms with E-state index in [0.29, 0.717) is 0 Å². The predicted octanol–water partition coefficient (Wildman–Crippen LogP) is 6.36. The Morgan fingerprint density at radius 2 is 1.29 bits per heavy atom. The highest BCUT2D eigenvalue weighted by molar-refractivity contribution is 6.08. The third kappa shape index (κ3) is 3.25. The number of nitro benzene ring substituents is 1. The highest BCUT2D eigenvalue weighted by Crippen LogP contribution is 2.58. The summed E-state index contributed by atoms with van der Waals surface area (Å²) in [5.74, 6) is 0. The molecule has 0 aromatic heterocycles. The van der Waals surface area contributed by atoms with Crippen molar-refractivity contribution in [1.82, 2.24) is 4.90 Å². The molecule has 0 N–H and O–H groups in total. The number of rotatable bonds is 5. The molecule has 166 valence electrons. The second-order valence-electron chi connectivity index (χ2n) is 8.97. The zero-order valence-electron chi connectivity index (χ0n) is 18.7. The van der Waals surface area contributed by atoms with Crippen LogP contribution < -0.4 is 0 Å². The van der Waals surface area contributed by atoms with E-state index in [1.54, 1.807) is 12.1 Å². The van der Waals surface area contributed by atoms with Crippen molar-refractivity contribution in [3.63, 3.8) is 0 Å². The van der Waals surface area contributed by atoms with Gasteiger partial charge in [0.15, 0.2) is 0 Å². The number of non-ortho nitro benzene ring substituents is 1. The van der Waals surface area contributed by atoms with Crippen LogP contribution in [0.2, 0.25) is 0 Å². The topological polar surface area (TPSA) is 58.5 Å². The maximum absolute atomic E-state index is 11.1. The minimum Gasteiger partial charge on any atom is -0.260 e. The van der Waals surface area contributed by atoms with Crippen molar-refractivity contribution in [2.75, 3.05) is 0 Å². The molecular formula is C29H23N3O2. The number of aliphatic imine (C=N–C) groups is 1. The van der Waals surface area contributed by atoms with E-state index in [4.69, 9.17) is 4.99 Å². The Labute approximate surface area is 198 Å². The molecule has 5 heteroatoms. The quantitative estimate of drug-likeness (QED) is 0.204. The molecule has 2 aliphatic rings. The van der Waals surface area contributed by atoms with Crippen molar-refractivity contribution in [1.29, 1.82) is 0 Å². The van der Waals surface area contributed by atoms with Gasteiger partial charge in [-0.1, -0.05) is 97.1 Å². The van der Waals surface area contributed by atoms with Crippen LogP contribution in [0.15, 0.2) is 114 Å². The third-order valence-corrected chi connectivity index (χ3v) is 6.98. The summed E-state index contributed by atoms with van der Waals surface area (Å²) in [5.41, 5.74) is 6.35. The average molecular weight is 446 g/mol. The molecule has 4 atom stereocenters. The van der Waals surface area contributed by atoms with Crippen molar-refractivity contribution in [2.24, 2.45) is 4.99 Å². The number of hydrogen-bond donors (Lipinski definition) is 0. The van der Waals surface area contributed by atoms with Crippen LogP contribution in [-0.2, 0) is 5.66 Å². The second kappa shape index (κ2) is 7.75. The van der Waals surface area contributed by atoms with E-state index in [9.17, 15) is 10.1 Å². The molecule has 0 bridgehead atoms. The van der Waals surface area contributed by atoms with Crippen LogP contribution in [-0.4, -0.2) is 21.6 Å². The Bertz CT molecular complexity index is 1380. The first-order valence-corrected chi connectivity index (χ1v) is 11.4. The lowest BCUT2D eigenvalue weighted by atomic mass is 9.96. The molecule has 1 fully saturated rings. The highest BCUT2D eigenvalue weighted by atomic mass is 16.6. The van der Waals surface area contributed by atoms with Gasteiger partial charge in [0, 0.05) is 12.1 Å². The van der Waals surface area contributed by atoms with Gasteiger partial charge in [-0.3, -0.25) is 20.0 Å². The molecule has 1 saturated heterocycles. The van der Waals surface area contributed by atoms with Crippen LogP contribution in [0.3, 0.4) is 0 Å². The van der Waals surface area contributed by atoms with Crippen molar-refractivity contribution in [3.05, 3.63) is 136 Å². The average Bonchev–Trinajstić information content (AvgIpc) is 3.57. The van der Waals surface area contributed by atoms with Crippen molar-refractivity contribution in [2.45, 2.75) is 24.7 Å². The molecule has 6 rings (SSSR count). The summed E-state index contributed by atoms with van der Waals surface area (Å²) in [4.78, 5) is 18.4. The van der Waals surface area contributed by atoms with E-state index in [-0.39, 0.29) is 22.7 Å². The molecule has 4 unspecified atom stereocenters. The zero-order valence-corrected chi connectivity index (χ0v) is 18.7. The summed E-state index contributed by atoms with van der Waals surface area (Å²) in [6.45, 7) is 2.17. The molecule has 0 spiro atoms. The fourth-order valence-corrected chi connectivity index (χ4v) is 5.22. The summed E-state index contributed by atoms with van der Waals surface area (Å²) in [6.07, 6.45) is 0. The Kier molecular flexibility index (Phi) is 4.67. The first-order chi connectivity index (χ1) is 16.6. The molecule has 4 aromatic carbocycles. The normalized spacial score (nSPS) is 24.9. The van der Waals surface area contributed by atoms with Crippen molar-refractivity contribution >= 4 is 11.4 Å². The highest BCUT2D eigenvalue weighted by Gasteiger charge is 2.64. The second-order valence-corrected chi connectivity index (χ2v) is 8.97. The Morgan fingerprint density at radius 1 is 0.735 bits per heavy atom. The number of hydrogen-bond acceptors (Lipinski definition) is 4. The van der Waals surface area contributed by atoms with E-state index in [1.807, 2.05) is 48.5 Å². The van der Waals surface area contributed by atoms with Crippen LogP contribution >= 0.6 is 0 Å². The van der Waals surface area contributed by atoms with Gasteiger partial charge in [-0.15, -0.1) is 0 Å². The summed E-state index contributed by atoms with van der Waals surface area (Å²) < 4.78 is 0. The summed E-state index contributed by atoms with van der Waals surface area (Å²) in [7, 11) is 0. The summed E-state index contributed by atoms with van der Waals surface area (Å²) in [5, 5.41) is 11.1. The number of benzene rings is 4. The van der Waals surface area contributed by atoms with E-state index >= 15 is 0 Å². The first-order valence-electron chi connectivity index (χ1n) is 11.4. The Balaban J connectivity index is 1.39. The van der Waals surface area contributed by atoms with Crippen LogP contribution in [0.1, 0.15) is 29.7 Å². The molecule has 0 amide bonds. The minimum absolute atomic E-state index is 0.112. The smallest absolute Gasteiger partial charge is 0.260 e. The van der Waals surface area contributed by atoms with E-state index in [0.717, 1.165) is 22.4 Å². The number of nitrogens with zero attached hydrogens (tertiary/aromatic N) is 3. The fourth-order valence-electron chi connectivity index (χ4n) is 5.22. The van der Waals surface area contributed by atoms with Gasteiger partial charge in [-0.2, -0.15) is 0 Å². The number of fused-ring (bicyclic) bond motifs is 1. The van der Waals surface area contributed by atoms with Crippen LogP contribution in [0.5, 0.6) is 0 Å². The SMILES string of the molecule is CC1(c2ccc(-c3ccccc3)cc2)N=C(c2ccccc2)C2C(c3ccc([N+](=O)[O-])cc3)N21. The largest absolute Gasteiger partial charge is 0.269 e. The van der Waals surface area contributed by atoms with Crippen molar-refractivity contribution in [3.8, 4) is 11.1 Å². The third-order valence-electron chi connectivity index (χ3n) is 6.98. The maximum atomic E-state index is 11.1. The monoisotopic (exact) mass is 445 g/mol. The van der Waals surface area contributed by atoms with Crippen LogP contribution in [0.25, 0.3) is 11.1 Å².